The molecule has 0 radical (unpaired) electrons. The minimum atomic E-state index is -1.10. The van der Waals surface area contributed by atoms with Crippen LogP contribution < -0.4 is 14.2 Å². The van der Waals surface area contributed by atoms with Gasteiger partial charge in [-0.2, -0.15) is 0 Å². The molecule has 1 N–H and O–H groups in total. The van der Waals surface area contributed by atoms with E-state index in [2.05, 4.69) is 9.68 Å². The van der Waals surface area contributed by atoms with Crippen LogP contribution in [0.4, 0.5) is 0 Å². The van der Waals surface area contributed by atoms with Crippen LogP contribution in [0.15, 0.2) is 29.1 Å². The molecule has 3 rings (SSSR count). The van der Waals surface area contributed by atoms with Crippen LogP contribution in [0, 0.1) is 0 Å². The summed E-state index contributed by atoms with van der Waals surface area (Å²) in [5.74, 6) is -0.0309. The molecule has 0 spiro atoms. The van der Waals surface area contributed by atoms with E-state index in [0.29, 0.717) is 17.1 Å². The van der Waals surface area contributed by atoms with Gasteiger partial charge in [-0.1, -0.05) is 5.16 Å². The van der Waals surface area contributed by atoms with Crippen LogP contribution in [0.25, 0.3) is 0 Å². The van der Waals surface area contributed by atoms with Crippen LogP contribution >= 0.6 is 0 Å². The molecule has 0 bridgehead atoms. The Balaban J connectivity index is 1.88. The van der Waals surface area contributed by atoms with Crippen molar-refractivity contribution in [3.8, 4) is 17.2 Å². The third-order valence-electron chi connectivity index (χ3n) is 2.58. The number of aromatic nitrogens is 1. The zero-order valence-corrected chi connectivity index (χ0v) is 9.66. The van der Waals surface area contributed by atoms with Gasteiger partial charge in [0.15, 0.2) is 11.5 Å². The van der Waals surface area contributed by atoms with Crippen LogP contribution in [-0.4, -0.2) is 23.0 Å². The number of carbonyl (C=O) groups is 1. The van der Waals surface area contributed by atoms with E-state index < -0.39 is 5.97 Å². The zero-order chi connectivity index (χ0) is 13.2. The average molecular weight is 263 g/mol. The Morgan fingerprint density at radius 1 is 1.37 bits per heavy atom. The molecule has 1 aliphatic rings. The summed E-state index contributed by atoms with van der Waals surface area (Å²) in [5, 5.41) is 12.7. The monoisotopic (exact) mass is 263 g/mol. The normalized spacial score (nSPS) is 12.4. The van der Waals surface area contributed by atoms with Crippen LogP contribution in [0.2, 0.25) is 0 Å². The molecule has 0 atom stereocenters. The van der Waals surface area contributed by atoms with Gasteiger partial charge in [0.2, 0.25) is 6.79 Å². The lowest BCUT2D eigenvalue weighted by molar-refractivity contribution is 0.0691. The second-order valence-electron chi connectivity index (χ2n) is 3.83. The molecule has 0 amide bonds. The fourth-order valence-electron chi connectivity index (χ4n) is 1.67. The lowest BCUT2D eigenvalue weighted by Gasteiger charge is -2.09. The second kappa shape index (κ2) is 4.52. The van der Waals surface area contributed by atoms with E-state index in [1.807, 2.05) is 0 Å². The highest BCUT2D eigenvalue weighted by atomic mass is 16.7. The molecular formula is C12H9NO6. The Morgan fingerprint density at radius 2 is 2.16 bits per heavy atom. The first kappa shape index (κ1) is 11.4. The van der Waals surface area contributed by atoms with Gasteiger partial charge in [0.25, 0.3) is 0 Å². The second-order valence-corrected chi connectivity index (χ2v) is 3.83. The first-order valence-electron chi connectivity index (χ1n) is 5.42. The first-order chi connectivity index (χ1) is 9.24. The number of nitrogens with zero attached hydrogens (tertiary/aromatic N) is 1. The van der Waals surface area contributed by atoms with Crippen molar-refractivity contribution in [2.45, 2.75) is 6.61 Å². The number of carboxylic acid groups (broad SMARTS) is 1. The molecule has 19 heavy (non-hydrogen) atoms. The van der Waals surface area contributed by atoms with Crippen molar-refractivity contribution in [3.63, 3.8) is 0 Å². The van der Waals surface area contributed by atoms with Crippen molar-refractivity contribution >= 4 is 5.97 Å². The Bertz CT molecular complexity index is 607. The molecule has 0 fully saturated rings. The van der Waals surface area contributed by atoms with Gasteiger partial charge in [-0.05, 0) is 0 Å². The molecular weight excluding hydrogens is 254 g/mol. The molecule has 2 heterocycles. The number of rotatable bonds is 4. The molecule has 1 aromatic heterocycles. The number of ether oxygens (including phenoxy) is 3. The summed E-state index contributed by atoms with van der Waals surface area (Å²) in [5.41, 5.74) is 0.717. The van der Waals surface area contributed by atoms with Gasteiger partial charge in [0, 0.05) is 17.7 Å². The number of fused-ring (bicyclic) bond motifs is 1. The van der Waals surface area contributed by atoms with Crippen LogP contribution in [0.5, 0.6) is 17.2 Å². The third-order valence-corrected chi connectivity index (χ3v) is 2.58. The molecule has 1 aliphatic heterocycles. The summed E-state index contributed by atoms with van der Waals surface area (Å²) in [6.07, 6.45) is 2.92. The van der Waals surface area contributed by atoms with E-state index >= 15 is 0 Å². The number of benzene rings is 1. The first-order valence-corrected chi connectivity index (χ1v) is 5.42. The minimum Gasteiger partial charge on any atom is -0.488 e. The number of hydrogen-bond acceptors (Lipinski definition) is 6. The van der Waals surface area contributed by atoms with Gasteiger partial charge in [0.1, 0.15) is 24.2 Å². The van der Waals surface area contributed by atoms with Crippen molar-refractivity contribution in [2.75, 3.05) is 6.79 Å². The molecule has 2 aromatic rings. The minimum absolute atomic E-state index is 0.0145. The molecule has 0 saturated heterocycles. The van der Waals surface area contributed by atoms with Gasteiger partial charge >= 0.3 is 5.97 Å². The van der Waals surface area contributed by atoms with Crippen molar-refractivity contribution in [1.82, 2.24) is 5.16 Å². The Labute approximate surface area is 107 Å². The van der Waals surface area contributed by atoms with Gasteiger partial charge < -0.3 is 23.8 Å². The zero-order valence-electron chi connectivity index (χ0n) is 9.66. The maximum Gasteiger partial charge on any atom is 0.339 e. The number of hydrogen-bond donors (Lipinski definition) is 1. The average Bonchev–Trinajstić information content (AvgIpc) is 3.05. The molecule has 7 heteroatoms. The quantitative estimate of drug-likeness (QED) is 0.897. The Kier molecular flexibility index (Phi) is 2.71. The summed E-state index contributed by atoms with van der Waals surface area (Å²) in [7, 11) is 0. The predicted molar refractivity (Wildman–Crippen MR) is 60.4 cm³/mol. The van der Waals surface area contributed by atoms with Crippen LogP contribution in [0.1, 0.15) is 15.9 Å². The summed E-state index contributed by atoms with van der Waals surface area (Å²) in [4.78, 5) is 11.2. The van der Waals surface area contributed by atoms with E-state index in [1.54, 1.807) is 0 Å². The van der Waals surface area contributed by atoms with Crippen LogP contribution in [-0.2, 0) is 6.61 Å². The lowest BCUT2D eigenvalue weighted by Crippen LogP contribution is -2.03. The predicted octanol–water partition coefficient (Wildman–Crippen LogP) is 1.68. The highest BCUT2D eigenvalue weighted by Gasteiger charge is 2.21. The Morgan fingerprint density at radius 3 is 2.84 bits per heavy atom. The standard InChI is InChI=1S/C12H9NO6/c14-12(15)8-1-10-11(18-6-17-10)2-9(8)16-4-7-3-13-19-5-7/h1-3,5H,4,6H2,(H,14,15). The van der Waals surface area contributed by atoms with Gasteiger partial charge in [-0.25, -0.2) is 4.79 Å². The topological polar surface area (TPSA) is 91.0 Å². The number of carboxylic acids is 1. The maximum atomic E-state index is 11.2. The summed E-state index contributed by atoms with van der Waals surface area (Å²) in [6, 6.07) is 2.88. The molecule has 0 saturated carbocycles. The van der Waals surface area contributed by atoms with Gasteiger partial charge in [-0.15, -0.1) is 0 Å². The Hall–Kier alpha value is -2.70. The SMILES string of the molecule is O=C(O)c1cc2c(cc1OCc1cnoc1)OCO2. The highest BCUT2D eigenvalue weighted by Crippen LogP contribution is 2.38. The van der Waals surface area contributed by atoms with Gasteiger partial charge in [0.05, 0.1) is 6.20 Å². The summed E-state index contributed by atoms with van der Waals surface area (Å²) >= 11 is 0. The van der Waals surface area contributed by atoms with E-state index in [1.165, 1.54) is 24.6 Å². The maximum absolute atomic E-state index is 11.2. The molecule has 0 aliphatic carbocycles. The molecule has 98 valence electrons. The van der Waals surface area contributed by atoms with Crippen molar-refractivity contribution < 1.29 is 28.6 Å². The lowest BCUT2D eigenvalue weighted by atomic mass is 10.2. The van der Waals surface area contributed by atoms with E-state index in [9.17, 15) is 4.79 Å². The van der Waals surface area contributed by atoms with Crippen molar-refractivity contribution in [3.05, 3.63) is 35.7 Å². The molecule has 0 unspecified atom stereocenters. The number of aromatic carboxylic acids is 1. The smallest absolute Gasteiger partial charge is 0.339 e. The van der Waals surface area contributed by atoms with Gasteiger partial charge in [-0.3, -0.25) is 0 Å². The van der Waals surface area contributed by atoms with E-state index in [-0.39, 0.29) is 24.7 Å². The van der Waals surface area contributed by atoms with E-state index in [4.69, 9.17) is 19.3 Å². The van der Waals surface area contributed by atoms with Crippen LogP contribution in [0.3, 0.4) is 0 Å². The molecule has 1 aromatic carbocycles. The van der Waals surface area contributed by atoms with Crippen molar-refractivity contribution in [1.29, 1.82) is 0 Å². The van der Waals surface area contributed by atoms with E-state index in [0.717, 1.165) is 0 Å². The summed E-state index contributed by atoms with van der Waals surface area (Å²) in [6.45, 7) is 0.229. The molecule has 7 nitrogen and oxygen atoms in total. The third kappa shape index (κ3) is 2.17. The largest absolute Gasteiger partial charge is 0.488 e. The summed E-state index contributed by atoms with van der Waals surface area (Å²) < 4.78 is 20.4. The highest BCUT2D eigenvalue weighted by molar-refractivity contribution is 5.92. The fraction of sp³-hybridized carbons (Fsp3) is 0.167. The van der Waals surface area contributed by atoms with Crippen molar-refractivity contribution in [2.24, 2.45) is 0 Å². The fourth-order valence-corrected chi connectivity index (χ4v) is 1.67.